The Morgan fingerprint density at radius 3 is 2.58 bits per heavy atom. The van der Waals surface area contributed by atoms with Gasteiger partial charge < -0.3 is 15.4 Å². The highest BCUT2D eigenvalue weighted by Gasteiger charge is 2.29. The van der Waals surface area contributed by atoms with Gasteiger partial charge >= 0.3 is 5.91 Å². The number of halogens is 2. The summed E-state index contributed by atoms with van der Waals surface area (Å²) in [6.07, 6.45) is 9.83. The molecule has 0 bridgehead atoms. The number of anilines is 2. The summed E-state index contributed by atoms with van der Waals surface area (Å²) in [7, 11) is 0. The standard InChI is InChI=1S/C13H8ClN3O4S.C8H9Cl.C3H6.C2H6/c14-6-1-2-9-8(5-6)15-12(21-9)11(19)16-13-7(3-4-22-13)10(18)17-20;1-7-3-2-4-8(9)6-5-7;1-3-2;1-2/h1-5,12,15H,(H,16,19);3-6H,2H2,1H3;3H,1H2,2H3;1-2H3. The average Bonchev–Trinajstić information content (AvgIpc) is 3.46. The first-order valence-corrected chi connectivity index (χ1v) is 12.7. The molecule has 0 spiro atoms. The van der Waals surface area contributed by atoms with E-state index in [-0.39, 0.29) is 10.6 Å². The Bertz CT molecular complexity index is 1140. The van der Waals surface area contributed by atoms with Crippen molar-refractivity contribution in [3.8, 4) is 5.75 Å². The van der Waals surface area contributed by atoms with Crippen molar-refractivity contribution >= 4 is 57.0 Å². The van der Waals surface area contributed by atoms with E-state index in [0.717, 1.165) is 22.8 Å². The molecule has 1 atom stereocenters. The molecule has 192 valence electrons. The molecule has 10 heteroatoms. The van der Waals surface area contributed by atoms with Gasteiger partial charge in [0.25, 0.3) is 5.91 Å². The van der Waals surface area contributed by atoms with Gasteiger partial charge in [-0.05, 0) is 56.0 Å². The van der Waals surface area contributed by atoms with Gasteiger partial charge in [0.05, 0.1) is 11.3 Å². The summed E-state index contributed by atoms with van der Waals surface area (Å²) in [5.74, 6) is -0.941. The number of rotatable bonds is 3. The summed E-state index contributed by atoms with van der Waals surface area (Å²) in [6, 6.07) is 6.35. The molecule has 2 amide bonds. The number of carbonyl (C=O) groups excluding carboxylic acids is 2. The third-order valence-corrected chi connectivity index (χ3v) is 5.53. The predicted molar refractivity (Wildman–Crippen MR) is 151 cm³/mol. The molecule has 7 nitrogen and oxygen atoms in total. The highest BCUT2D eigenvalue weighted by molar-refractivity contribution is 7.14. The largest absolute Gasteiger partial charge is 0.459 e. The summed E-state index contributed by atoms with van der Waals surface area (Å²) in [4.78, 5) is 33.8. The number of carbonyl (C=O) groups is 2. The van der Waals surface area contributed by atoms with E-state index in [4.69, 9.17) is 27.9 Å². The van der Waals surface area contributed by atoms with Crippen LogP contribution < -0.4 is 15.4 Å². The third-order valence-electron chi connectivity index (χ3n) is 4.18. The van der Waals surface area contributed by atoms with Crippen LogP contribution in [-0.4, -0.2) is 18.0 Å². The first-order chi connectivity index (χ1) is 17.3. The van der Waals surface area contributed by atoms with Gasteiger partial charge in [0.1, 0.15) is 10.8 Å². The highest BCUT2D eigenvalue weighted by Crippen LogP contribution is 2.34. The lowest BCUT2D eigenvalue weighted by Gasteiger charge is -2.11. The van der Waals surface area contributed by atoms with E-state index in [1.54, 1.807) is 29.7 Å². The number of nitrogens with one attached hydrogen (secondary N) is 2. The number of benzene rings is 1. The zero-order chi connectivity index (χ0) is 27.1. The summed E-state index contributed by atoms with van der Waals surface area (Å²) in [5.41, 5.74) is 1.93. The first kappa shape index (κ1) is 30.8. The molecule has 4 rings (SSSR count). The Kier molecular flexibility index (Phi) is 14.1. The molecule has 0 radical (unpaired) electrons. The van der Waals surface area contributed by atoms with Crippen molar-refractivity contribution in [3.63, 3.8) is 0 Å². The van der Waals surface area contributed by atoms with E-state index in [9.17, 15) is 14.5 Å². The fourth-order valence-electron chi connectivity index (χ4n) is 2.64. The number of hydrogen-bond acceptors (Lipinski definition) is 6. The second kappa shape index (κ2) is 16.5. The Morgan fingerprint density at radius 2 is 1.92 bits per heavy atom. The topological polar surface area (TPSA) is 96.9 Å². The van der Waals surface area contributed by atoms with Crippen LogP contribution in [-0.2, 0) is 4.79 Å². The molecule has 2 N–H and O–H groups in total. The number of nitroso groups, excluding NO2 is 1. The van der Waals surface area contributed by atoms with Crippen LogP contribution >= 0.6 is 34.5 Å². The second-order valence-electron chi connectivity index (χ2n) is 6.85. The van der Waals surface area contributed by atoms with Gasteiger partial charge in [-0.15, -0.1) is 22.8 Å². The molecule has 2 aromatic rings. The van der Waals surface area contributed by atoms with Gasteiger partial charge in [0.15, 0.2) is 0 Å². The lowest BCUT2D eigenvalue weighted by molar-refractivity contribution is -0.121. The van der Waals surface area contributed by atoms with Gasteiger partial charge in [-0.1, -0.05) is 66.9 Å². The number of fused-ring (bicyclic) bond motifs is 1. The van der Waals surface area contributed by atoms with Crippen molar-refractivity contribution < 1.29 is 14.3 Å². The molecule has 1 aliphatic carbocycles. The molecule has 1 aliphatic heterocycles. The van der Waals surface area contributed by atoms with Crippen molar-refractivity contribution in [1.29, 1.82) is 0 Å². The lowest BCUT2D eigenvalue weighted by Crippen LogP contribution is -2.35. The van der Waals surface area contributed by atoms with Gasteiger partial charge in [-0.2, -0.15) is 0 Å². The van der Waals surface area contributed by atoms with Crippen LogP contribution in [0.1, 0.15) is 44.5 Å². The fourth-order valence-corrected chi connectivity index (χ4v) is 3.75. The summed E-state index contributed by atoms with van der Waals surface area (Å²) < 4.78 is 5.45. The van der Waals surface area contributed by atoms with Crippen LogP contribution in [0.25, 0.3) is 0 Å². The van der Waals surface area contributed by atoms with Crippen LogP contribution in [0.5, 0.6) is 5.75 Å². The Hall–Kier alpha value is -3.20. The number of thiophene rings is 1. The fraction of sp³-hybridized carbons (Fsp3) is 0.231. The number of allylic oxidation sites excluding steroid dienone is 7. The van der Waals surface area contributed by atoms with E-state index < -0.39 is 18.0 Å². The summed E-state index contributed by atoms with van der Waals surface area (Å²) >= 11 is 12.7. The highest BCUT2D eigenvalue weighted by atomic mass is 35.5. The van der Waals surface area contributed by atoms with Crippen LogP contribution in [0.2, 0.25) is 5.02 Å². The molecular formula is C26H29Cl2N3O4S. The van der Waals surface area contributed by atoms with Crippen LogP contribution in [0.3, 0.4) is 0 Å². The maximum Gasteiger partial charge on any atom is 0.319 e. The Morgan fingerprint density at radius 1 is 1.22 bits per heavy atom. The van der Waals surface area contributed by atoms with E-state index in [0.29, 0.717) is 16.5 Å². The molecule has 1 aromatic carbocycles. The SMILES string of the molecule is C=CC.CC.CC1=CCC=C(Cl)C=C1.O=NC(=O)c1ccsc1NC(=O)C1Nc2cc(Cl)ccc2O1. The molecule has 1 aromatic heterocycles. The zero-order valence-electron chi connectivity index (χ0n) is 20.5. The maximum absolute atomic E-state index is 12.2. The van der Waals surface area contributed by atoms with Gasteiger partial charge in [0, 0.05) is 15.2 Å². The normalized spacial score (nSPS) is 14.6. The number of ether oxygens (including phenoxy) is 1. The number of hydrogen-bond donors (Lipinski definition) is 2. The molecule has 2 aliphatic rings. The van der Waals surface area contributed by atoms with Crippen LogP contribution in [0, 0.1) is 4.91 Å². The third kappa shape index (κ3) is 9.81. The van der Waals surface area contributed by atoms with E-state index in [1.165, 1.54) is 11.6 Å². The molecule has 36 heavy (non-hydrogen) atoms. The summed E-state index contributed by atoms with van der Waals surface area (Å²) in [5, 5.41) is 10.9. The summed E-state index contributed by atoms with van der Waals surface area (Å²) in [6.45, 7) is 11.3. The molecular weight excluding hydrogens is 521 g/mol. The molecule has 0 saturated carbocycles. The monoisotopic (exact) mass is 549 g/mol. The first-order valence-electron chi connectivity index (χ1n) is 11.0. The van der Waals surface area contributed by atoms with Crippen molar-refractivity contribution in [2.24, 2.45) is 5.18 Å². The van der Waals surface area contributed by atoms with E-state index in [2.05, 4.69) is 35.4 Å². The van der Waals surface area contributed by atoms with Gasteiger partial charge in [-0.3, -0.25) is 9.59 Å². The molecule has 0 fully saturated rings. The van der Waals surface area contributed by atoms with Crippen molar-refractivity contribution in [3.05, 3.63) is 92.7 Å². The van der Waals surface area contributed by atoms with Crippen LogP contribution in [0.15, 0.2) is 82.4 Å². The van der Waals surface area contributed by atoms with Crippen LogP contribution in [0.4, 0.5) is 10.7 Å². The maximum atomic E-state index is 12.2. The minimum absolute atomic E-state index is 0.0481. The lowest BCUT2D eigenvalue weighted by atomic mass is 10.2. The van der Waals surface area contributed by atoms with Crippen molar-refractivity contribution in [1.82, 2.24) is 0 Å². The number of nitrogens with zero attached hydrogens (tertiary/aromatic N) is 1. The van der Waals surface area contributed by atoms with E-state index >= 15 is 0 Å². The molecule has 1 unspecified atom stereocenters. The minimum Gasteiger partial charge on any atom is -0.459 e. The van der Waals surface area contributed by atoms with Crippen molar-refractivity contribution in [2.45, 2.75) is 40.3 Å². The predicted octanol–water partition coefficient (Wildman–Crippen LogP) is 8.31. The Labute approximate surface area is 225 Å². The van der Waals surface area contributed by atoms with Crippen molar-refractivity contribution in [2.75, 3.05) is 10.6 Å². The number of amides is 2. The smallest absolute Gasteiger partial charge is 0.319 e. The van der Waals surface area contributed by atoms with Gasteiger partial charge in [0.2, 0.25) is 6.23 Å². The average molecular weight is 551 g/mol. The minimum atomic E-state index is -0.956. The quantitative estimate of drug-likeness (QED) is 0.296. The van der Waals surface area contributed by atoms with Gasteiger partial charge in [-0.25, -0.2) is 0 Å². The second-order valence-corrected chi connectivity index (χ2v) is 8.64. The molecule has 0 saturated heterocycles. The Balaban J connectivity index is 0.000000385. The van der Waals surface area contributed by atoms with E-state index in [1.807, 2.05) is 39.0 Å². The molecule has 2 heterocycles. The zero-order valence-corrected chi connectivity index (χ0v) is 22.8.